The van der Waals surface area contributed by atoms with Crippen molar-refractivity contribution in [2.75, 3.05) is 0 Å². The molecule has 0 amide bonds. The van der Waals surface area contributed by atoms with E-state index in [1.165, 1.54) is 32.7 Å². The second kappa shape index (κ2) is 14.8. The molecule has 0 bridgehead atoms. The number of hydrogen-bond acceptors (Lipinski definition) is 0. The first kappa shape index (κ1) is 30.4. The Hall–Kier alpha value is -1.79. The van der Waals surface area contributed by atoms with Gasteiger partial charge in [-0.05, 0) is 10.8 Å². The standard InChI is InChI=1S/C21H25.2C6H5.2ClH.Zr/c1-20(2,3)16-7-9-18-14(12-16)11-15-13-17(21(4,5)6)8-10-19(15)18;2*1-2-4-6-5-3-1;;;/h7-13H,1-6H3;2*1-5H;2*1H;/q3*-1;;;+2/p-2. The van der Waals surface area contributed by atoms with Crippen molar-refractivity contribution in [1.29, 1.82) is 0 Å². The Balaban J connectivity index is 0.000000246. The quantitative estimate of drug-likeness (QED) is 0.157. The van der Waals surface area contributed by atoms with Crippen molar-refractivity contribution in [3.63, 3.8) is 0 Å². The molecule has 0 spiro atoms. The summed E-state index contributed by atoms with van der Waals surface area (Å²) in [6, 6.07) is 41.2. The molecule has 5 aromatic rings. The Morgan fingerprint density at radius 2 is 0.917 bits per heavy atom. The van der Waals surface area contributed by atoms with Gasteiger partial charge < -0.3 is 0 Å². The van der Waals surface area contributed by atoms with Crippen molar-refractivity contribution in [3.05, 3.63) is 126 Å². The van der Waals surface area contributed by atoms with Crippen molar-refractivity contribution in [3.8, 4) is 0 Å². The summed E-state index contributed by atoms with van der Waals surface area (Å²) < 4.78 is 0. The van der Waals surface area contributed by atoms with Gasteiger partial charge in [-0.25, -0.2) is 0 Å². The molecule has 0 radical (unpaired) electrons. The van der Waals surface area contributed by atoms with E-state index in [4.69, 9.17) is 17.0 Å². The van der Waals surface area contributed by atoms with Gasteiger partial charge in [0.15, 0.2) is 0 Å². The van der Waals surface area contributed by atoms with Crippen LogP contribution in [0.2, 0.25) is 0 Å². The van der Waals surface area contributed by atoms with Gasteiger partial charge in [0, 0.05) is 0 Å². The van der Waals surface area contributed by atoms with Crippen LogP contribution < -0.4 is 0 Å². The zero-order valence-electron chi connectivity index (χ0n) is 22.1. The van der Waals surface area contributed by atoms with Crippen LogP contribution in [0.25, 0.3) is 21.5 Å². The van der Waals surface area contributed by atoms with E-state index in [2.05, 4.69) is 96.1 Å². The summed E-state index contributed by atoms with van der Waals surface area (Å²) in [6.45, 7) is 13.6. The van der Waals surface area contributed by atoms with Crippen molar-refractivity contribution in [2.24, 2.45) is 0 Å². The molecule has 0 fully saturated rings. The van der Waals surface area contributed by atoms with Crippen LogP contribution >= 0.6 is 17.0 Å². The Kier molecular flexibility index (Phi) is 12.5. The topological polar surface area (TPSA) is 0 Å². The fourth-order valence-electron chi connectivity index (χ4n) is 3.64. The molecule has 36 heavy (non-hydrogen) atoms. The number of benzene rings is 4. The summed E-state index contributed by atoms with van der Waals surface area (Å²) in [5.74, 6) is 0. The van der Waals surface area contributed by atoms with Crippen LogP contribution in [-0.4, -0.2) is 0 Å². The zero-order chi connectivity index (χ0) is 26.6. The molecule has 0 saturated heterocycles. The largest absolute Gasteiger partial charge is 0.184 e. The van der Waals surface area contributed by atoms with Crippen LogP contribution in [0.4, 0.5) is 0 Å². The Labute approximate surface area is 236 Å². The maximum absolute atomic E-state index is 4.93. The van der Waals surface area contributed by atoms with Crippen LogP contribution in [0.15, 0.2) is 103 Å². The van der Waals surface area contributed by atoms with Crippen LogP contribution in [0, 0.1) is 12.1 Å². The predicted octanol–water partition coefficient (Wildman–Crippen LogP) is 10.7. The van der Waals surface area contributed by atoms with Gasteiger partial charge in [-0.1, -0.05) is 76.9 Å². The minimum atomic E-state index is -0.826. The smallest absolute Gasteiger partial charge is 0.171 e. The average Bonchev–Trinajstić information content (AvgIpc) is 3.24. The van der Waals surface area contributed by atoms with Gasteiger partial charge >= 0.3 is 37.9 Å². The fourth-order valence-corrected chi connectivity index (χ4v) is 3.64. The molecule has 0 aliphatic heterocycles. The van der Waals surface area contributed by atoms with Gasteiger partial charge in [0.1, 0.15) is 0 Å². The summed E-state index contributed by atoms with van der Waals surface area (Å²) in [5.41, 5.74) is 3.21. The molecule has 0 nitrogen and oxygen atoms in total. The summed E-state index contributed by atoms with van der Waals surface area (Å²) in [5, 5.41) is 5.48. The average molecular weight is 594 g/mol. The molecule has 3 heteroatoms. The summed E-state index contributed by atoms with van der Waals surface area (Å²) in [6.07, 6.45) is 0. The number of rotatable bonds is 0. The van der Waals surface area contributed by atoms with Gasteiger partial charge in [-0.15, -0.1) is 39.7 Å². The van der Waals surface area contributed by atoms with Crippen molar-refractivity contribution < 1.29 is 20.8 Å². The Bertz CT molecular complexity index is 1120. The Morgan fingerprint density at radius 1 is 0.583 bits per heavy atom. The first-order chi connectivity index (χ1) is 17.1. The predicted molar refractivity (Wildman–Crippen MR) is 157 cm³/mol. The summed E-state index contributed by atoms with van der Waals surface area (Å²) >= 11 is -0.826. The molecule has 5 aromatic carbocycles. The molecule has 0 atom stereocenters. The maximum Gasteiger partial charge on any atom is -0.171 e. The van der Waals surface area contributed by atoms with E-state index >= 15 is 0 Å². The first-order valence-corrected chi connectivity index (χ1v) is 18.3. The van der Waals surface area contributed by atoms with Crippen molar-refractivity contribution in [1.82, 2.24) is 0 Å². The molecular weight excluding hydrogens is 558 g/mol. The summed E-state index contributed by atoms with van der Waals surface area (Å²) in [7, 11) is 9.87. The number of halogens is 2. The minimum absolute atomic E-state index is 0.203. The molecule has 188 valence electrons. The van der Waals surface area contributed by atoms with E-state index in [0.29, 0.717) is 0 Å². The normalized spacial score (nSPS) is 10.8. The number of fused-ring (bicyclic) bond motifs is 3. The second-order valence-corrected chi connectivity index (χ2v) is 14.2. The third-order valence-corrected chi connectivity index (χ3v) is 5.65. The molecule has 0 unspecified atom stereocenters. The first-order valence-electron chi connectivity index (χ1n) is 12.0. The van der Waals surface area contributed by atoms with E-state index in [-0.39, 0.29) is 10.8 Å². The van der Waals surface area contributed by atoms with Crippen molar-refractivity contribution in [2.45, 2.75) is 52.4 Å². The zero-order valence-corrected chi connectivity index (χ0v) is 26.0. The molecular formula is C33H35Cl2Zr-3. The van der Waals surface area contributed by atoms with Crippen LogP contribution in [0.3, 0.4) is 0 Å². The Morgan fingerprint density at radius 3 is 1.14 bits per heavy atom. The van der Waals surface area contributed by atoms with E-state index in [0.717, 1.165) is 0 Å². The van der Waals surface area contributed by atoms with E-state index in [1.807, 2.05) is 60.7 Å². The van der Waals surface area contributed by atoms with Crippen molar-refractivity contribution >= 4 is 38.6 Å². The van der Waals surface area contributed by atoms with Crippen LogP contribution in [-0.2, 0) is 31.7 Å². The SMILES string of the molecule is CC(C)(C)c1ccc2c(c1)[cH-]c1cc(C(C)(C)C)ccc12.[Cl][Zr][Cl].[c-]1ccccc1.[c-]1ccccc1. The molecule has 0 saturated carbocycles. The third-order valence-electron chi connectivity index (χ3n) is 5.65. The fraction of sp³-hybridized carbons (Fsp3) is 0.242. The van der Waals surface area contributed by atoms with E-state index in [1.54, 1.807) is 0 Å². The summed E-state index contributed by atoms with van der Waals surface area (Å²) in [4.78, 5) is 0. The van der Waals surface area contributed by atoms with Gasteiger partial charge in [0.25, 0.3) is 0 Å². The molecule has 0 heterocycles. The van der Waals surface area contributed by atoms with Crippen LogP contribution in [0.1, 0.15) is 52.7 Å². The van der Waals surface area contributed by atoms with Gasteiger partial charge in [0.05, 0.1) is 0 Å². The molecule has 0 N–H and O–H groups in total. The van der Waals surface area contributed by atoms with E-state index in [9.17, 15) is 0 Å². The third kappa shape index (κ3) is 9.93. The molecule has 0 aliphatic carbocycles. The monoisotopic (exact) mass is 591 g/mol. The molecule has 0 aliphatic rings. The maximum atomic E-state index is 4.93. The second-order valence-electron chi connectivity index (χ2n) is 10.5. The molecule has 0 aromatic heterocycles. The molecule has 5 rings (SSSR count). The minimum Gasteiger partial charge on any atom is -0.184 e. The van der Waals surface area contributed by atoms with E-state index < -0.39 is 20.8 Å². The van der Waals surface area contributed by atoms with Gasteiger partial charge in [-0.2, -0.15) is 72.8 Å². The van der Waals surface area contributed by atoms with Crippen LogP contribution in [0.5, 0.6) is 0 Å². The number of hydrogen-bond donors (Lipinski definition) is 0. The van der Waals surface area contributed by atoms with Gasteiger partial charge in [-0.3, -0.25) is 0 Å². The van der Waals surface area contributed by atoms with Gasteiger partial charge in [0.2, 0.25) is 0 Å².